The summed E-state index contributed by atoms with van der Waals surface area (Å²) in [6.45, 7) is 17.0. The van der Waals surface area contributed by atoms with E-state index in [0.29, 0.717) is 5.75 Å². The fourth-order valence-corrected chi connectivity index (χ4v) is 18.1. The Morgan fingerprint density at radius 1 is 1.04 bits per heavy atom. The Bertz CT molecular complexity index is 1750. The molecule has 1 amide bonds. The van der Waals surface area contributed by atoms with Crippen molar-refractivity contribution in [2.24, 2.45) is 0 Å². The van der Waals surface area contributed by atoms with Gasteiger partial charge in [0.1, 0.15) is 37.6 Å². The number of nitrogens with one attached hydrogen (secondary N) is 2. The minimum atomic E-state index is -3.09. The molecule has 3 aromatic rings. The molecule has 5 rings (SSSR count). The second kappa shape index (κ2) is 17.7. The van der Waals surface area contributed by atoms with Gasteiger partial charge >= 0.3 is 17.1 Å². The maximum atomic E-state index is 13.2. The number of rotatable bonds is 16. The lowest BCUT2D eigenvalue weighted by atomic mass is 10.1. The van der Waals surface area contributed by atoms with E-state index in [-0.39, 0.29) is 79.1 Å². The van der Waals surface area contributed by atoms with Crippen molar-refractivity contribution in [1.82, 2.24) is 19.5 Å². The summed E-state index contributed by atoms with van der Waals surface area (Å²) in [5.74, 6) is -0.0902. The molecule has 2 saturated heterocycles. The van der Waals surface area contributed by atoms with Crippen molar-refractivity contribution in [2.75, 3.05) is 38.7 Å². The van der Waals surface area contributed by atoms with Crippen LogP contribution in [-0.4, -0.2) is 94.3 Å². The number of nitrogens with zero attached hydrogens (tertiary/aromatic N) is 4. The van der Waals surface area contributed by atoms with Crippen LogP contribution in [0.25, 0.3) is 11.2 Å². The van der Waals surface area contributed by atoms with Crippen molar-refractivity contribution < 1.29 is 41.4 Å². The van der Waals surface area contributed by atoms with Gasteiger partial charge in [-0.1, -0.05) is 73.6 Å². The number of hydrogen-bond donors (Lipinski definition) is 2. The monoisotopic (exact) mass is 772 g/mol. The van der Waals surface area contributed by atoms with E-state index in [9.17, 15) is 9.59 Å². The number of nitriles is 1. The number of para-hydroxylation sites is 1. The van der Waals surface area contributed by atoms with E-state index in [4.69, 9.17) is 41.9 Å². The number of anilines is 1. The highest BCUT2D eigenvalue weighted by atomic mass is 28.5. The molecule has 2 N–H and O–H groups in total. The first kappa shape index (κ1) is 40.7. The number of ether oxygens (including phenoxy) is 5. The molecule has 18 heteroatoms. The van der Waals surface area contributed by atoms with Gasteiger partial charge in [0, 0.05) is 0 Å². The molecule has 1 unspecified atom stereocenters. The number of aromatic amines is 1. The summed E-state index contributed by atoms with van der Waals surface area (Å²) in [4.78, 5) is 37.6. The minimum Gasteiger partial charge on any atom is -0.484 e. The lowest BCUT2D eigenvalue weighted by Gasteiger charge is -2.51. The minimum absolute atomic E-state index is 0.0389. The SMILES string of the molecule is CC(C)[Si]1(C(C)C)OC[C@H]2O[C@@H](n3cnc4c(=O)[nH]c(NC(=O)COc5ccccc5)nc43)[C@@H](OCOCOCCC#N)C2O[Si](C(C)C)(C(C)C)O1. The molecule has 2 fully saturated rings. The second-order valence-corrected chi connectivity index (χ2v) is 23.2. The van der Waals surface area contributed by atoms with Crippen molar-refractivity contribution in [3.05, 3.63) is 47.0 Å². The molecule has 2 aliphatic rings. The van der Waals surface area contributed by atoms with Crippen LogP contribution in [0, 0.1) is 11.3 Å². The smallest absolute Gasteiger partial charge is 0.335 e. The highest BCUT2D eigenvalue weighted by molar-refractivity contribution is 6.84. The normalized spacial score (nSPS) is 22.5. The van der Waals surface area contributed by atoms with Crippen LogP contribution >= 0.6 is 0 Å². The summed E-state index contributed by atoms with van der Waals surface area (Å²) in [7, 11) is -5.97. The molecule has 16 nitrogen and oxygen atoms in total. The molecule has 53 heavy (non-hydrogen) atoms. The van der Waals surface area contributed by atoms with Crippen LogP contribution in [0.15, 0.2) is 41.5 Å². The average Bonchev–Trinajstić information content (AvgIpc) is 3.67. The predicted molar refractivity (Wildman–Crippen MR) is 198 cm³/mol. The highest BCUT2D eigenvalue weighted by Crippen LogP contribution is 2.49. The van der Waals surface area contributed by atoms with Crippen molar-refractivity contribution in [1.29, 1.82) is 5.26 Å². The van der Waals surface area contributed by atoms with E-state index < -0.39 is 53.1 Å². The van der Waals surface area contributed by atoms with Gasteiger partial charge in [-0.3, -0.25) is 24.5 Å². The molecular weight excluding hydrogens is 721 g/mol. The highest BCUT2D eigenvalue weighted by Gasteiger charge is 2.62. The molecule has 0 spiro atoms. The molecule has 0 aliphatic carbocycles. The van der Waals surface area contributed by atoms with Crippen molar-refractivity contribution in [2.45, 2.75) is 109 Å². The van der Waals surface area contributed by atoms with Gasteiger partial charge in [-0.25, -0.2) is 4.98 Å². The summed E-state index contributed by atoms with van der Waals surface area (Å²) in [6, 6.07) is 10.9. The van der Waals surface area contributed by atoms with E-state index in [1.807, 2.05) is 12.1 Å². The number of aromatic nitrogens is 4. The van der Waals surface area contributed by atoms with Crippen molar-refractivity contribution in [3.63, 3.8) is 0 Å². The van der Waals surface area contributed by atoms with E-state index in [2.05, 4.69) is 75.7 Å². The molecule has 0 bridgehead atoms. The number of carbonyl (C=O) groups is 1. The molecule has 4 heterocycles. The average molecular weight is 773 g/mol. The lowest BCUT2D eigenvalue weighted by molar-refractivity contribution is -0.174. The summed E-state index contributed by atoms with van der Waals surface area (Å²) in [5, 5.41) is 11.4. The Balaban J connectivity index is 1.49. The van der Waals surface area contributed by atoms with E-state index in [0.717, 1.165) is 0 Å². The van der Waals surface area contributed by atoms with Crippen LogP contribution in [-0.2, 0) is 36.7 Å². The Morgan fingerprint density at radius 2 is 1.74 bits per heavy atom. The number of H-pyrrole nitrogens is 1. The zero-order chi connectivity index (χ0) is 38.3. The summed E-state index contributed by atoms with van der Waals surface area (Å²) in [5.41, 5.74) is -0.0110. The molecule has 290 valence electrons. The van der Waals surface area contributed by atoms with Crippen LogP contribution in [0.4, 0.5) is 5.95 Å². The number of imidazole rings is 1. The molecule has 1 aromatic carbocycles. The molecule has 0 saturated carbocycles. The number of amides is 1. The molecule has 2 aliphatic heterocycles. The summed E-state index contributed by atoms with van der Waals surface area (Å²) >= 11 is 0. The van der Waals surface area contributed by atoms with Crippen LogP contribution in [0.1, 0.15) is 68.0 Å². The zero-order valence-corrected chi connectivity index (χ0v) is 33.7. The first-order valence-electron chi connectivity index (χ1n) is 18.1. The van der Waals surface area contributed by atoms with Crippen molar-refractivity contribution in [3.8, 4) is 11.8 Å². The van der Waals surface area contributed by atoms with Gasteiger partial charge in [-0.2, -0.15) is 10.2 Å². The second-order valence-electron chi connectivity index (χ2n) is 14.4. The van der Waals surface area contributed by atoms with Crippen LogP contribution in [0.2, 0.25) is 22.2 Å². The van der Waals surface area contributed by atoms with Gasteiger partial charge in [0.25, 0.3) is 11.5 Å². The maximum absolute atomic E-state index is 13.2. The first-order chi connectivity index (χ1) is 25.3. The molecule has 2 aromatic heterocycles. The Labute approximate surface area is 311 Å². The number of hydrogen-bond acceptors (Lipinski definition) is 13. The largest absolute Gasteiger partial charge is 0.484 e. The van der Waals surface area contributed by atoms with Gasteiger partial charge in [0.05, 0.1) is 32.0 Å². The van der Waals surface area contributed by atoms with Gasteiger partial charge in [-0.15, -0.1) is 0 Å². The van der Waals surface area contributed by atoms with Crippen molar-refractivity contribution >= 4 is 40.1 Å². The van der Waals surface area contributed by atoms with Gasteiger partial charge < -0.3 is 36.7 Å². The van der Waals surface area contributed by atoms with E-state index in [1.54, 1.807) is 28.8 Å². The zero-order valence-electron chi connectivity index (χ0n) is 31.7. The third-order valence-corrected chi connectivity index (χ3v) is 19.8. The number of carbonyl (C=O) groups excluding carboxylic acids is 1. The standard InChI is InChI=1S/C35H52N6O10Si2/c1-22(2)52(23(3)4)48-17-27-30(50-53(51-52,24(5)6)25(7)8)31(47-21-45-20-44-16-12-15-36)34(49-27)41-19-37-29-32(41)39-35(40-33(29)43)38-28(42)18-46-26-13-10-9-11-14-26/h9-11,13-14,19,22-25,27,30-31,34H,12,16-18,20-21H2,1-8H3,(H2,38,39,40,42,43)/t27-,30?,31+,34-/m1/s1. The van der Waals surface area contributed by atoms with Gasteiger partial charge in [0.15, 0.2) is 24.0 Å². The Hall–Kier alpha value is -3.52. The summed E-state index contributed by atoms with van der Waals surface area (Å²) in [6.07, 6.45) is -1.28. The van der Waals surface area contributed by atoms with E-state index >= 15 is 0 Å². The Morgan fingerprint density at radius 3 is 2.40 bits per heavy atom. The third kappa shape index (κ3) is 8.90. The lowest BCUT2D eigenvalue weighted by Crippen LogP contribution is -2.66. The number of benzene rings is 1. The van der Waals surface area contributed by atoms with Crippen LogP contribution in [0.3, 0.4) is 0 Å². The Kier molecular flexibility index (Phi) is 13.6. The molecular formula is C35H52N6O10Si2. The predicted octanol–water partition coefficient (Wildman–Crippen LogP) is 5.24. The summed E-state index contributed by atoms with van der Waals surface area (Å²) < 4.78 is 53.0. The maximum Gasteiger partial charge on any atom is 0.335 e. The quantitative estimate of drug-likeness (QED) is 0.109. The van der Waals surface area contributed by atoms with Crippen LogP contribution < -0.4 is 15.6 Å². The van der Waals surface area contributed by atoms with Gasteiger partial charge in [-0.05, 0) is 34.3 Å². The van der Waals surface area contributed by atoms with Gasteiger partial charge in [0.2, 0.25) is 5.95 Å². The number of fused-ring (bicyclic) bond motifs is 2. The van der Waals surface area contributed by atoms with E-state index in [1.165, 1.54) is 6.33 Å². The van der Waals surface area contributed by atoms with Crippen LogP contribution in [0.5, 0.6) is 5.75 Å². The topological polar surface area (TPSA) is 190 Å². The fourth-order valence-electron chi connectivity index (χ4n) is 6.93. The first-order valence-corrected chi connectivity index (χ1v) is 22.0. The fraction of sp³-hybridized carbons (Fsp3) is 0.629. The molecule has 0 radical (unpaired) electrons. The molecule has 4 atom stereocenters. The third-order valence-electron chi connectivity index (χ3n) is 9.56.